The van der Waals surface area contributed by atoms with Crippen molar-refractivity contribution in [2.24, 2.45) is 5.16 Å². The zero-order chi connectivity index (χ0) is 17.8. The van der Waals surface area contributed by atoms with Crippen LogP contribution in [0.15, 0.2) is 60.0 Å². The highest BCUT2D eigenvalue weighted by Crippen LogP contribution is 2.38. The second-order valence-corrected chi connectivity index (χ2v) is 7.29. The molecular weight excluding hydrogens is 352 g/mol. The first-order chi connectivity index (χ1) is 12.1. The molecule has 2 aromatic heterocycles. The van der Waals surface area contributed by atoms with Crippen LogP contribution < -0.4 is 0 Å². The third-order valence-electron chi connectivity index (χ3n) is 4.28. The van der Waals surface area contributed by atoms with Crippen LogP contribution in [-0.2, 0) is 0 Å². The first-order valence-corrected chi connectivity index (χ1v) is 9.34. The maximum absolute atomic E-state index is 9.44. The molecule has 0 saturated carbocycles. The monoisotopic (exact) mass is 370 g/mol. The normalized spacial score (nSPS) is 13.0. The summed E-state index contributed by atoms with van der Waals surface area (Å²) in [7, 11) is 0. The zero-order valence-corrected chi connectivity index (χ0v) is 15.7. The number of oxime groups is 1. The summed E-state index contributed by atoms with van der Waals surface area (Å²) >= 11 is 7.67. The molecule has 3 aromatic rings. The van der Waals surface area contributed by atoms with Crippen LogP contribution in [0.2, 0.25) is 5.02 Å². The maximum atomic E-state index is 9.44. The van der Waals surface area contributed by atoms with Gasteiger partial charge in [-0.1, -0.05) is 42.7 Å². The molecule has 0 spiro atoms. The minimum atomic E-state index is 0.169. The number of rotatable bonds is 5. The first kappa shape index (κ1) is 17.6. The Labute approximate surface area is 156 Å². The predicted octanol–water partition coefficient (Wildman–Crippen LogP) is 6.20. The van der Waals surface area contributed by atoms with E-state index in [1.165, 1.54) is 5.56 Å². The lowest BCUT2D eigenvalue weighted by molar-refractivity contribution is 0.318. The van der Waals surface area contributed by atoms with Crippen molar-refractivity contribution in [3.8, 4) is 10.4 Å². The van der Waals surface area contributed by atoms with Crippen molar-refractivity contribution in [3.63, 3.8) is 0 Å². The first-order valence-electron chi connectivity index (χ1n) is 8.15. The van der Waals surface area contributed by atoms with E-state index in [1.807, 2.05) is 43.3 Å². The van der Waals surface area contributed by atoms with Crippen molar-refractivity contribution in [2.45, 2.75) is 26.2 Å². The molecule has 0 fully saturated rings. The quantitative estimate of drug-likeness (QED) is 0.330. The Bertz CT molecular complexity index is 872. The van der Waals surface area contributed by atoms with E-state index < -0.39 is 0 Å². The number of hydrogen-bond donors (Lipinski definition) is 1. The van der Waals surface area contributed by atoms with Crippen LogP contribution in [0.4, 0.5) is 0 Å². The summed E-state index contributed by atoms with van der Waals surface area (Å²) in [5.41, 5.74) is 4.16. The lowest BCUT2D eigenvalue weighted by atomic mass is 9.91. The Hall–Kier alpha value is -2.17. The van der Waals surface area contributed by atoms with Gasteiger partial charge < -0.3 is 5.21 Å². The van der Waals surface area contributed by atoms with Gasteiger partial charge in [0, 0.05) is 28.2 Å². The molecule has 1 aromatic carbocycles. The van der Waals surface area contributed by atoms with Crippen LogP contribution >= 0.6 is 22.9 Å². The van der Waals surface area contributed by atoms with Crippen molar-refractivity contribution in [2.75, 3.05) is 0 Å². The Balaban J connectivity index is 2.10. The van der Waals surface area contributed by atoms with Gasteiger partial charge in [0.15, 0.2) is 0 Å². The molecule has 2 heterocycles. The van der Waals surface area contributed by atoms with Crippen molar-refractivity contribution in [1.29, 1.82) is 0 Å². The average molecular weight is 371 g/mol. The average Bonchev–Trinajstić information content (AvgIpc) is 3.09. The molecule has 0 aliphatic heterocycles. The molecule has 0 saturated heterocycles. The fraction of sp³-hybridized carbons (Fsp3) is 0.200. The van der Waals surface area contributed by atoms with E-state index in [9.17, 15) is 5.21 Å². The number of hydrogen-bond acceptors (Lipinski definition) is 4. The summed E-state index contributed by atoms with van der Waals surface area (Å²) < 4.78 is 0. The number of aromatic nitrogens is 1. The third-order valence-corrected chi connectivity index (χ3v) is 5.78. The maximum Gasteiger partial charge on any atom is 0.0967 e. The third kappa shape index (κ3) is 3.75. The van der Waals surface area contributed by atoms with E-state index in [-0.39, 0.29) is 5.92 Å². The van der Waals surface area contributed by atoms with Gasteiger partial charge in [-0.15, -0.1) is 11.3 Å². The van der Waals surface area contributed by atoms with Crippen LogP contribution in [0.3, 0.4) is 0 Å². The van der Waals surface area contributed by atoms with Crippen LogP contribution in [0.5, 0.6) is 0 Å². The minimum absolute atomic E-state index is 0.169. The number of benzene rings is 1. The summed E-state index contributed by atoms with van der Waals surface area (Å²) in [6.07, 6.45) is 4.25. The van der Waals surface area contributed by atoms with Gasteiger partial charge in [0.05, 0.1) is 10.6 Å². The topological polar surface area (TPSA) is 45.5 Å². The van der Waals surface area contributed by atoms with E-state index >= 15 is 0 Å². The summed E-state index contributed by atoms with van der Waals surface area (Å²) in [6.45, 7) is 4.16. The van der Waals surface area contributed by atoms with Gasteiger partial charge in [-0.3, -0.25) is 4.98 Å². The second-order valence-electron chi connectivity index (χ2n) is 5.80. The molecule has 25 heavy (non-hydrogen) atoms. The zero-order valence-electron chi connectivity index (χ0n) is 14.1. The molecule has 0 aliphatic carbocycles. The van der Waals surface area contributed by atoms with E-state index in [0.717, 1.165) is 25.9 Å². The van der Waals surface area contributed by atoms with Crippen molar-refractivity contribution in [1.82, 2.24) is 4.98 Å². The number of nitrogens with zero attached hydrogens (tertiary/aromatic N) is 2. The lowest BCUT2D eigenvalue weighted by Crippen LogP contribution is -2.04. The number of pyridine rings is 1. The fourth-order valence-corrected chi connectivity index (χ4v) is 4.26. The highest BCUT2D eigenvalue weighted by molar-refractivity contribution is 7.17. The lowest BCUT2D eigenvalue weighted by Gasteiger charge is -2.13. The highest BCUT2D eigenvalue weighted by Gasteiger charge is 2.20. The molecule has 128 valence electrons. The molecule has 0 amide bonds. The van der Waals surface area contributed by atoms with Gasteiger partial charge in [0.1, 0.15) is 0 Å². The Kier molecular flexibility index (Phi) is 5.51. The van der Waals surface area contributed by atoms with Gasteiger partial charge >= 0.3 is 0 Å². The molecule has 5 heteroatoms. The number of thiophene rings is 1. The van der Waals surface area contributed by atoms with Crippen LogP contribution in [0, 0.1) is 0 Å². The van der Waals surface area contributed by atoms with E-state index in [0.29, 0.717) is 12.1 Å². The molecule has 1 atom stereocenters. The predicted molar refractivity (Wildman–Crippen MR) is 105 cm³/mol. The standard InChI is InChI=1S/C20H19ClN2OS/c1-3-18(23-24)20-17(13(2)14-4-6-16(21)7-5-14)12-19(25-20)15-8-10-22-11-9-15/h4-13,24H,3H2,1-2H3/b23-18+. The fourth-order valence-electron chi connectivity index (χ4n) is 2.82. The van der Waals surface area contributed by atoms with Crippen LogP contribution in [0.25, 0.3) is 10.4 Å². The summed E-state index contributed by atoms with van der Waals surface area (Å²) in [5, 5.41) is 13.7. The molecule has 0 radical (unpaired) electrons. The van der Waals surface area contributed by atoms with E-state index in [2.05, 4.69) is 23.1 Å². The van der Waals surface area contributed by atoms with Crippen LogP contribution in [-0.4, -0.2) is 15.9 Å². The largest absolute Gasteiger partial charge is 0.411 e. The van der Waals surface area contributed by atoms with Crippen molar-refractivity contribution < 1.29 is 5.21 Å². The summed E-state index contributed by atoms with van der Waals surface area (Å²) in [6, 6.07) is 14.1. The highest BCUT2D eigenvalue weighted by atomic mass is 35.5. The molecule has 3 rings (SSSR count). The van der Waals surface area contributed by atoms with Gasteiger partial charge in [-0.2, -0.15) is 0 Å². The smallest absolute Gasteiger partial charge is 0.0967 e. The Morgan fingerprint density at radius 3 is 2.48 bits per heavy atom. The van der Waals surface area contributed by atoms with Gasteiger partial charge in [-0.25, -0.2) is 0 Å². The minimum Gasteiger partial charge on any atom is -0.411 e. The molecule has 0 aliphatic rings. The molecule has 3 nitrogen and oxygen atoms in total. The van der Waals surface area contributed by atoms with Gasteiger partial charge in [0.25, 0.3) is 0 Å². The van der Waals surface area contributed by atoms with E-state index in [1.54, 1.807) is 23.7 Å². The molecular formula is C20H19ClN2OS. The van der Waals surface area contributed by atoms with E-state index in [4.69, 9.17) is 11.6 Å². The Morgan fingerprint density at radius 1 is 1.20 bits per heavy atom. The summed E-state index contributed by atoms with van der Waals surface area (Å²) in [5.74, 6) is 0.169. The van der Waals surface area contributed by atoms with Crippen LogP contribution in [0.1, 0.15) is 42.2 Å². The second kappa shape index (κ2) is 7.81. The van der Waals surface area contributed by atoms with Gasteiger partial charge in [-0.05, 0) is 53.4 Å². The SMILES string of the molecule is CC/C(=N\O)c1sc(-c2ccncc2)cc1C(C)c1ccc(Cl)cc1. The molecule has 0 bridgehead atoms. The van der Waals surface area contributed by atoms with Crippen molar-refractivity contribution in [3.05, 3.63) is 75.9 Å². The Morgan fingerprint density at radius 2 is 1.88 bits per heavy atom. The van der Waals surface area contributed by atoms with Crippen molar-refractivity contribution >= 4 is 28.6 Å². The molecule has 1 N–H and O–H groups in total. The van der Waals surface area contributed by atoms with Gasteiger partial charge in [0.2, 0.25) is 0 Å². The summed E-state index contributed by atoms with van der Waals surface area (Å²) in [4.78, 5) is 6.26. The number of halogens is 1. The molecule has 1 unspecified atom stereocenters.